The number of aliphatic hydroxyl groups is 1. The molecule has 0 atom stereocenters. The first-order valence-electron chi connectivity index (χ1n) is 6.06. The second-order valence-electron chi connectivity index (χ2n) is 4.80. The van der Waals surface area contributed by atoms with Gasteiger partial charge in [0.05, 0.1) is 17.9 Å². The maximum absolute atomic E-state index is 12.2. The number of aromatic nitrogens is 2. The minimum absolute atomic E-state index is 0.172. The summed E-state index contributed by atoms with van der Waals surface area (Å²) in [5, 5.41) is 12.4. The van der Waals surface area contributed by atoms with E-state index in [0.29, 0.717) is 5.56 Å². The predicted octanol–water partition coefficient (Wildman–Crippen LogP) is 2.09. The molecule has 4 heteroatoms. The maximum atomic E-state index is 12.2. The van der Waals surface area contributed by atoms with Crippen molar-refractivity contribution < 1.29 is 5.11 Å². The molecule has 0 saturated carbocycles. The first-order valence-corrected chi connectivity index (χ1v) is 6.06. The van der Waals surface area contributed by atoms with Crippen molar-refractivity contribution >= 4 is 0 Å². The van der Waals surface area contributed by atoms with Crippen molar-refractivity contribution in [3.8, 4) is 5.69 Å². The topological polar surface area (TPSA) is 58.0 Å². The monoisotopic (exact) mass is 246 g/mol. The number of H-pyrrole nitrogens is 1. The number of aromatic amines is 1. The number of rotatable bonds is 3. The van der Waals surface area contributed by atoms with Crippen LogP contribution in [0.15, 0.2) is 29.1 Å². The fourth-order valence-corrected chi connectivity index (χ4v) is 2.07. The molecule has 0 fully saturated rings. The van der Waals surface area contributed by atoms with E-state index < -0.39 is 0 Å². The van der Waals surface area contributed by atoms with Crippen molar-refractivity contribution in [1.29, 1.82) is 0 Å². The van der Waals surface area contributed by atoms with Crippen molar-refractivity contribution in [1.82, 2.24) is 9.78 Å². The summed E-state index contributed by atoms with van der Waals surface area (Å²) in [6.07, 6.45) is 0. The van der Waals surface area contributed by atoms with Crippen LogP contribution in [0.5, 0.6) is 0 Å². The number of aliphatic hydroxyl groups excluding tert-OH is 1. The third-order valence-electron chi connectivity index (χ3n) is 3.01. The van der Waals surface area contributed by atoms with E-state index in [1.165, 1.54) is 4.68 Å². The van der Waals surface area contributed by atoms with Gasteiger partial charge in [-0.1, -0.05) is 26.0 Å². The van der Waals surface area contributed by atoms with E-state index in [-0.39, 0.29) is 18.1 Å². The molecule has 4 nitrogen and oxygen atoms in total. The highest BCUT2D eigenvalue weighted by molar-refractivity contribution is 5.36. The van der Waals surface area contributed by atoms with Crippen LogP contribution < -0.4 is 5.56 Å². The highest BCUT2D eigenvalue weighted by Gasteiger charge is 2.16. The van der Waals surface area contributed by atoms with Gasteiger partial charge in [-0.25, -0.2) is 4.68 Å². The van der Waals surface area contributed by atoms with Gasteiger partial charge in [0.2, 0.25) is 0 Å². The second-order valence-corrected chi connectivity index (χ2v) is 4.80. The molecular weight excluding hydrogens is 228 g/mol. The van der Waals surface area contributed by atoms with Crippen LogP contribution in [-0.2, 0) is 6.61 Å². The van der Waals surface area contributed by atoms with Gasteiger partial charge in [-0.05, 0) is 30.5 Å². The van der Waals surface area contributed by atoms with Gasteiger partial charge in [0.15, 0.2) is 0 Å². The molecule has 0 aliphatic rings. The van der Waals surface area contributed by atoms with Crippen molar-refractivity contribution in [2.45, 2.75) is 33.3 Å². The number of nitrogens with one attached hydrogen (secondary N) is 1. The largest absolute Gasteiger partial charge is 0.391 e. The lowest BCUT2D eigenvalue weighted by Gasteiger charge is -2.04. The van der Waals surface area contributed by atoms with Gasteiger partial charge in [0, 0.05) is 5.69 Å². The van der Waals surface area contributed by atoms with Crippen LogP contribution >= 0.6 is 0 Å². The van der Waals surface area contributed by atoms with Crippen molar-refractivity contribution in [3.05, 3.63) is 51.4 Å². The zero-order chi connectivity index (χ0) is 13.3. The molecule has 0 bridgehead atoms. The third-order valence-corrected chi connectivity index (χ3v) is 3.01. The van der Waals surface area contributed by atoms with Crippen LogP contribution in [0.2, 0.25) is 0 Å². The molecular formula is C14H18N2O2. The third kappa shape index (κ3) is 2.11. The molecule has 0 aliphatic heterocycles. The molecule has 0 saturated heterocycles. The zero-order valence-corrected chi connectivity index (χ0v) is 10.9. The molecule has 18 heavy (non-hydrogen) atoms. The molecule has 0 amide bonds. The molecule has 1 aromatic carbocycles. The molecule has 0 aliphatic carbocycles. The lowest BCUT2D eigenvalue weighted by atomic mass is 10.1. The van der Waals surface area contributed by atoms with Crippen LogP contribution in [0, 0.1) is 6.92 Å². The van der Waals surface area contributed by atoms with Gasteiger partial charge in [-0.15, -0.1) is 0 Å². The standard InChI is InChI=1S/C14H18N2O2/c1-9(2)13-12(8-17)14(18)16(15-13)11-6-4-5-10(3)7-11/h4-7,9,15,17H,8H2,1-3H3. The van der Waals surface area contributed by atoms with E-state index >= 15 is 0 Å². The van der Waals surface area contributed by atoms with Gasteiger partial charge in [0.1, 0.15) is 0 Å². The van der Waals surface area contributed by atoms with E-state index in [1.54, 1.807) is 0 Å². The minimum Gasteiger partial charge on any atom is -0.391 e. The number of hydrogen-bond donors (Lipinski definition) is 2. The predicted molar refractivity (Wildman–Crippen MR) is 71.1 cm³/mol. The van der Waals surface area contributed by atoms with Gasteiger partial charge in [0.25, 0.3) is 5.56 Å². The summed E-state index contributed by atoms with van der Waals surface area (Å²) in [6, 6.07) is 7.69. The number of aryl methyl sites for hydroxylation is 1. The molecule has 2 N–H and O–H groups in total. The second kappa shape index (κ2) is 4.82. The first-order chi connectivity index (χ1) is 8.54. The Hall–Kier alpha value is -1.81. The molecule has 1 aromatic heterocycles. The fourth-order valence-electron chi connectivity index (χ4n) is 2.07. The van der Waals surface area contributed by atoms with E-state index in [9.17, 15) is 9.90 Å². The van der Waals surface area contributed by atoms with Crippen LogP contribution in [0.4, 0.5) is 0 Å². The molecule has 0 unspecified atom stereocenters. The van der Waals surface area contributed by atoms with Crippen LogP contribution in [-0.4, -0.2) is 14.9 Å². The average Bonchev–Trinajstić information content (AvgIpc) is 2.66. The summed E-state index contributed by atoms with van der Waals surface area (Å²) in [5.74, 6) is 0.172. The Morgan fingerprint density at radius 2 is 2.11 bits per heavy atom. The van der Waals surface area contributed by atoms with Gasteiger partial charge in [-0.3, -0.25) is 9.89 Å². The van der Waals surface area contributed by atoms with Crippen LogP contribution in [0.3, 0.4) is 0 Å². The van der Waals surface area contributed by atoms with Crippen molar-refractivity contribution in [3.63, 3.8) is 0 Å². The highest BCUT2D eigenvalue weighted by atomic mass is 16.3. The Labute approximate surface area is 106 Å². The number of benzene rings is 1. The molecule has 1 heterocycles. The first kappa shape index (κ1) is 12.6. The SMILES string of the molecule is Cc1cccc(-n2[nH]c(C(C)C)c(CO)c2=O)c1. The van der Waals surface area contributed by atoms with E-state index in [2.05, 4.69) is 5.10 Å². The Balaban J connectivity index is 2.63. The lowest BCUT2D eigenvalue weighted by molar-refractivity contribution is 0.279. The van der Waals surface area contributed by atoms with Crippen molar-refractivity contribution in [2.75, 3.05) is 0 Å². The smallest absolute Gasteiger partial charge is 0.277 e. The molecule has 2 aromatic rings. The van der Waals surface area contributed by atoms with Gasteiger partial charge in [-0.2, -0.15) is 0 Å². The summed E-state index contributed by atoms with van der Waals surface area (Å²) in [5.41, 5.74) is 2.95. The highest BCUT2D eigenvalue weighted by Crippen LogP contribution is 2.16. The molecule has 96 valence electrons. The van der Waals surface area contributed by atoms with E-state index in [4.69, 9.17) is 0 Å². The quantitative estimate of drug-likeness (QED) is 0.871. The average molecular weight is 246 g/mol. The van der Waals surface area contributed by atoms with Gasteiger partial charge < -0.3 is 5.11 Å². The summed E-state index contributed by atoms with van der Waals surface area (Å²) in [4.78, 5) is 12.2. The Kier molecular flexibility index (Phi) is 3.39. The van der Waals surface area contributed by atoms with Crippen LogP contribution in [0.25, 0.3) is 5.69 Å². The molecule has 0 radical (unpaired) electrons. The van der Waals surface area contributed by atoms with Crippen LogP contribution in [0.1, 0.15) is 36.6 Å². The van der Waals surface area contributed by atoms with Crippen molar-refractivity contribution in [2.24, 2.45) is 0 Å². The summed E-state index contributed by atoms with van der Waals surface area (Å²) in [7, 11) is 0. The number of hydrogen-bond acceptors (Lipinski definition) is 2. The van der Waals surface area contributed by atoms with E-state index in [0.717, 1.165) is 16.9 Å². The fraction of sp³-hybridized carbons (Fsp3) is 0.357. The van der Waals surface area contributed by atoms with E-state index in [1.807, 2.05) is 45.0 Å². The summed E-state index contributed by atoms with van der Waals surface area (Å²) < 4.78 is 1.49. The number of nitrogens with zero attached hydrogens (tertiary/aromatic N) is 1. The Bertz CT molecular complexity index is 608. The maximum Gasteiger partial charge on any atom is 0.277 e. The lowest BCUT2D eigenvalue weighted by Crippen LogP contribution is -2.17. The minimum atomic E-state index is -0.234. The Morgan fingerprint density at radius 3 is 2.61 bits per heavy atom. The zero-order valence-electron chi connectivity index (χ0n) is 10.9. The summed E-state index contributed by atoms with van der Waals surface area (Å²) in [6.45, 7) is 5.73. The molecule has 2 rings (SSSR count). The van der Waals surface area contributed by atoms with Gasteiger partial charge >= 0.3 is 0 Å². The summed E-state index contributed by atoms with van der Waals surface area (Å²) >= 11 is 0. The normalized spacial score (nSPS) is 11.2. The molecule has 0 spiro atoms. The Morgan fingerprint density at radius 1 is 1.39 bits per heavy atom.